The van der Waals surface area contributed by atoms with Gasteiger partial charge in [-0.1, -0.05) is 11.3 Å². The van der Waals surface area contributed by atoms with Crippen LogP contribution in [0.1, 0.15) is 6.23 Å². The molecule has 10 heteroatoms. The Morgan fingerprint density at radius 2 is 2.37 bits per heavy atom. The Hall–Kier alpha value is -1.36. The van der Waals surface area contributed by atoms with Crippen LogP contribution in [0.3, 0.4) is 0 Å². The fraction of sp³-hybridized carbons (Fsp3) is 0.444. The summed E-state index contributed by atoms with van der Waals surface area (Å²) in [4.78, 5) is 29.7. The highest BCUT2D eigenvalue weighted by atomic mass is 32.2. The summed E-state index contributed by atoms with van der Waals surface area (Å²) in [5.74, 6) is 0.458. The number of thioether (sulfide) groups is 1. The normalized spacial score (nSPS) is 23.2. The third-order valence-corrected chi connectivity index (χ3v) is 4.72. The summed E-state index contributed by atoms with van der Waals surface area (Å²) in [6.45, 7) is -0.131. The van der Waals surface area contributed by atoms with Crippen LogP contribution < -0.4 is 16.2 Å². The van der Waals surface area contributed by atoms with E-state index in [0.717, 1.165) is 11.3 Å². The molecule has 0 amide bonds. The highest BCUT2D eigenvalue weighted by Crippen LogP contribution is 2.32. The number of aromatic amines is 1. The van der Waals surface area contributed by atoms with Crippen molar-refractivity contribution in [2.45, 2.75) is 11.7 Å². The molecule has 0 radical (unpaired) electrons. The third kappa shape index (κ3) is 2.06. The van der Waals surface area contributed by atoms with Crippen LogP contribution in [0.25, 0.3) is 10.3 Å². The number of aliphatic hydroxyl groups excluding tert-OH is 1. The second-order valence-electron chi connectivity index (χ2n) is 3.88. The van der Waals surface area contributed by atoms with Gasteiger partial charge in [0.15, 0.2) is 5.65 Å². The number of aromatic nitrogens is 3. The van der Waals surface area contributed by atoms with Gasteiger partial charge in [-0.05, 0) is 0 Å². The molecule has 102 valence electrons. The second-order valence-corrected chi connectivity index (χ2v) is 6.03. The van der Waals surface area contributed by atoms with E-state index in [9.17, 15) is 9.59 Å². The Kier molecular flexibility index (Phi) is 3.09. The van der Waals surface area contributed by atoms with Crippen LogP contribution >= 0.6 is 23.1 Å². The summed E-state index contributed by atoms with van der Waals surface area (Å²) in [7, 11) is 0. The first-order chi connectivity index (χ1) is 9.10. The van der Waals surface area contributed by atoms with Gasteiger partial charge in [0.2, 0.25) is 5.95 Å². The van der Waals surface area contributed by atoms with Crippen molar-refractivity contribution in [2.24, 2.45) is 0 Å². The topological polar surface area (TPSA) is 123 Å². The summed E-state index contributed by atoms with van der Waals surface area (Å²) in [5, 5.41) is 9.03. The molecule has 3 rings (SSSR count). The average Bonchev–Trinajstić information content (AvgIpc) is 2.93. The van der Waals surface area contributed by atoms with E-state index in [-0.39, 0.29) is 33.2 Å². The highest BCUT2D eigenvalue weighted by Gasteiger charge is 2.30. The summed E-state index contributed by atoms with van der Waals surface area (Å²) in [6.07, 6.45) is -0.544. The lowest BCUT2D eigenvalue weighted by molar-refractivity contribution is -0.00274. The number of nitrogen functional groups attached to an aromatic ring is 1. The van der Waals surface area contributed by atoms with Crippen molar-refractivity contribution < 1.29 is 9.84 Å². The van der Waals surface area contributed by atoms with Gasteiger partial charge in [-0.2, -0.15) is 4.98 Å². The number of H-pyrrole nitrogens is 1. The van der Waals surface area contributed by atoms with Crippen molar-refractivity contribution in [3.63, 3.8) is 0 Å². The van der Waals surface area contributed by atoms with E-state index in [0.29, 0.717) is 5.75 Å². The van der Waals surface area contributed by atoms with Crippen molar-refractivity contribution in [3.8, 4) is 0 Å². The van der Waals surface area contributed by atoms with E-state index in [2.05, 4.69) is 9.97 Å². The zero-order valence-corrected chi connectivity index (χ0v) is 11.2. The molecule has 0 unspecified atom stereocenters. The van der Waals surface area contributed by atoms with E-state index < -0.39 is 11.8 Å². The van der Waals surface area contributed by atoms with Crippen molar-refractivity contribution in [2.75, 3.05) is 18.1 Å². The number of nitrogens with one attached hydrogen (secondary N) is 1. The molecule has 1 aliphatic rings. The first-order valence-electron chi connectivity index (χ1n) is 5.39. The molecule has 4 N–H and O–H groups in total. The number of hydrogen-bond donors (Lipinski definition) is 3. The summed E-state index contributed by atoms with van der Waals surface area (Å²) < 4.78 is 7.05. The molecule has 2 aromatic heterocycles. The quantitative estimate of drug-likeness (QED) is 0.670. The van der Waals surface area contributed by atoms with E-state index in [4.69, 9.17) is 15.6 Å². The number of fused-ring (bicyclic) bond motifs is 1. The number of nitrogens with zero attached hydrogens (tertiary/aromatic N) is 2. The van der Waals surface area contributed by atoms with Gasteiger partial charge >= 0.3 is 4.87 Å². The maximum Gasteiger partial charge on any atom is 0.311 e. The van der Waals surface area contributed by atoms with Crippen LogP contribution in [0.5, 0.6) is 0 Å². The second kappa shape index (κ2) is 4.63. The molecular formula is C9H10N4O4S2. The lowest BCUT2D eigenvalue weighted by Crippen LogP contribution is -2.23. The number of thiazole rings is 1. The van der Waals surface area contributed by atoms with E-state index in [1.807, 2.05) is 0 Å². The Morgan fingerprint density at radius 3 is 3.05 bits per heavy atom. The van der Waals surface area contributed by atoms with Crippen LogP contribution in [-0.4, -0.2) is 37.4 Å². The minimum absolute atomic E-state index is 0.0478. The van der Waals surface area contributed by atoms with Crippen molar-refractivity contribution in [1.29, 1.82) is 0 Å². The van der Waals surface area contributed by atoms with E-state index in [1.165, 1.54) is 16.3 Å². The molecule has 0 saturated carbocycles. The molecule has 2 aromatic rings. The Labute approximate surface area is 114 Å². The predicted octanol–water partition coefficient (Wildman–Crippen LogP) is -0.691. The van der Waals surface area contributed by atoms with E-state index in [1.54, 1.807) is 0 Å². The Morgan fingerprint density at radius 1 is 1.58 bits per heavy atom. The van der Waals surface area contributed by atoms with Gasteiger partial charge in [-0.3, -0.25) is 19.1 Å². The summed E-state index contributed by atoms with van der Waals surface area (Å²) >= 11 is 2.21. The Bertz CT molecular complexity index is 736. The molecule has 1 saturated heterocycles. The smallest absolute Gasteiger partial charge is 0.311 e. The first-order valence-corrected chi connectivity index (χ1v) is 7.25. The Balaban J connectivity index is 2.16. The molecule has 0 bridgehead atoms. The first kappa shape index (κ1) is 12.7. The largest absolute Gasteiger partial charge is 0.393 e. The van der Waals surface area contributed by atoms with Crippen molar-refractivity contribution >= 4 is 39.4 Å². The number of aliphatic hydroxyl groups is 1. The zero-order chi connectivity index (χ0) is 13.6. The summed E-state index contributed by atoms with van der Waals surface area (Å²) in [5.41, 5.74) is 4.91. The van der Waals surface area contributed by atoms with Crippen molar-refractivity contribution in [1.82, 2.24) is 14.5 Å². The molecule has 0 aromatic carbocycles. The third-order valence-electron chi connectivity index (χ3n) is 2.66. The van der Waals surface area contributed by atoms with Gasteiger partial charge in [0.05, 0.1) is 6.61 Å². The number of ether oxygens (including phenoxy) is 1. The minimum Gasteiger partial charge on any atom is -0.393 e. The van der Waals surface area contributed by atoms with Gasteiger partial charge in [0.25, 0.3) is 5.56 Å². The number of rotatable bonds is 2. The number of nitrogens with two attached hydrogens (primary N) is 1. The van der Waals surface area contributed by atoms with Crippen LogP contribution in [0.2, 0.25) is 0 Å². The van der Waals surface area contributed by atoms with Crippen molar-refractivity contribution in [3.05, 3.63) is 20.0 Å². The van der Waals surface area contributed by atoms with Gasteiger partial charge in [-0.25, -0.2) is 0 Å². The van der Waals surface area contributed by atoms with Crippen LogP contribution in [0.15, 0.2) is 9.59 Å². The van der Waals surface area contributed by atoms with Gasteiger partial charge in [0, 0.05) is 5.75 Å². The lowest BCUT2D eigenvalue weighted by atomic mass is 10.5. The highest BCUT2D eigenvalue weighted by molar-refractivity contribution is 8.00. The maximum atomic E-state index is 12.0. The summed E-state index contributed by atoms with van der Waals surface area (Å²) in [6, 6.07) is 0. The van der Waals surface area contributed by atoms with Gasteiger partial charge < -0.3 is 15.6 Å². The van der Waals surface area contributed by atoms with E-state index >= 15 is 0 Å². The molecular weight excluding hydrogens is 292 g/mol. The molecule has 8 nitrogen and oxygen atoms in total. The van der Waals surface area contributed by atoms with Gasteiger partial charge in [0.1, 0.15) is 16.4 Å². The molecule has 0 aliphatic carbocycles. The van der Waals surface area contributed by atoms with Crippen LogP contribution in [0, 0.1) is 0 Å². The molecule has 1 aliphatic heterocycles. The molecule has 2 atom stereocenters. The van der Waals surface area contributed by atoms with Crippen LogP contribution in [-0.2, 0) is 4.74 Å². The maximum absolute atomic E-state index is 12.0. The van der Waals surface area contributed by atoms with Crippen LogP contribution in [0.4, 0.5) is 5.95 Å². The molecule has 3 heterocycles. The average molecular weight is 302 g/mol. The SMILES string of the molecule is Nc1nc2c(sc(=O)n2[C@H]2CS[C@@H](CO)O2)c(=O)[nH]1. The fourth-order valence-electron chi connectivity index (χ4n) is 1.87. The molecule has 19 heavy (non-hydrogen) atoms. The molecule has 1 fully saturated rings. The zero-order valence-electron chi connectivity index (χ0n) is 9.53. The monoisotopic (exact) mass is 302 g/mol. The minimum atomic E-state index is -0.544. The number of anilines is 1. The lowest BCUT2D eigenvalue weighted by Gasteiger charge is -2.12. The standard InChI is InChI=1S/C9H10N4O4S2/c10-8-11-6-5(7(15)12-8)19-9(16)13(6)3-2-18-4(1-14)17-3/h3-4,14H,1-2H2,(H3,10,11,12,15)/t3-,4+/m1/s1. The predicted molar refractivity (Wildman–Crippen MR) is 72.4 cm³/mol. The number of hydrogen-bond acceptors (Lipinski definition) is 8. The van der Waals surface area contributed by atoms with Gasteiger partial charge in [-0.15, -0.1) is 11.8 Å². The molecule has 0 spiro atoms. The fourth-order valence-corrected chi connectivity index (χ4v) is 3.65.